The number of benzene rings is 1. The molecule has 2 aromatic rings. The molecule has 7 nitrogen and oxygen atoms in total. The molecular weight excluding hydrogens is 262 g/mol. The second-order valence-corrected chi connectivity index (χ2v) is 4.02. The Labute approximate surface area is 114 Å². The van der Waals surface area contributed by atoms with Gasteiger partial charge in [0.15, 0.2) is 0 Å². The molecule has 0 bridgehead atoms. The second-order valence-electron chi connectivity index (χ2n) is 4.02. The smallest absolute Gasteiger partial charge is 0.414 e. The number of fused-ring (bicyclic) bond motifs is 1. The molecule has 104 valence electrons. The summed E-state index contributed by atoms with van der Waals surface area (Å²) in [5.74, 6) is -0.746. The van der Waals surface area contributed by atoms with E-state index in [-0.39, 0.29) is 18.1 Å². The van der Waals surface area contributed by atoms with Crippen molar-refractivity contribution >= 4 is 29.0 Å². The molecule has 2 rings (SSSR count). The lowest BCUT2D eigenvalue weighted by atomic mass is 10.2. The van der Waals surface area contributed by atoms with E-state index in [1.807, 2.05) is 0 Å². The number of nitrogens with one attached hydrogen (secondary N) is 1. The summed E-state index contributed by atoms with van der Waals surface area (Å²) in [5, 5.41) is 11.4. The van der Waals surface area contributed by atoms with Gasteiger partial charge in [-0.25, -0.2) is 14.6 Å². The van der Waals surface area contributed by atoms with Crippen molar-refractivity contribution in [2.75, 3.05) is 11.9 Å². The highest BCUT2D eigenvalue weighted by molar-refractivity contribution is 5.94. The van der Waals surface area contributed by atoms with Crippen LogP contribution in [0.25, 0.3) is 11.0 Å². The largest absolute Gasteiger partial charge is 0.478 e. The molecule has 1 aromatic heterocycles. The molecule has 0 unspecified atom stereocenters. The maximum absolute atomic E-state index is 11.4. The summed E-state index contributed by atoms with van der Waals surface area (Å²) in [7, 11) is 1.67. The molecule has 20 heavy (non-hydrogen) atoms. The molecule has 1 aromatic carbocycles. The quantitative estimate of drug-likeness (QED) is 0.832. The number of carbonyl (C=O) groups excluding carboxylic acids is 1. The first-order valence-corrected chi connectivity index (χ1v) is 5.77. The summed E-state index contributed by atoms with van der Waals surface area (Å²) < 4.78 is 6.37. The average Bonchev–Trinajstić information content (AvgIpc) is 2.72. The van der Waals surface area contributed by atoms with Gasteiger partial charge in [0.25, 0.3) is 0 Å². The van der Waals surface area contributed by atoms with E-state index in [0.717, 1.165) is 0 Å². The molecule has 1 heterocycles. The summed E-state index contributed by atoms with van der Waals surface area (Å²) in [6.07, 6.45) is 0.801. The Kier molecular flexibility index (Phi) is 3.69. The standard InChI is InChI=1S/C13H13N3O4/c1-3-6-20-13(19)15-12-14-9-5-4-8(11(17)18)7-10(9)16(12)2/h3-5,7H,1,6H2,2H3,(H,17,18)(H,14,15,19). The minimum absolute atomic E-state index is 0.0962. The lowest BCUT2D eigenvalue weighted by Gasteiger charge is -2.04. The number of aromatic nitrogens is 2. The van der Waals surface area contributed by atoms with Crippen LogP contribution in [0, 0.1) is 0 Å². The third kappa shape index (κ3) is 2.61. The lowest BCUT2D eigenvalue weighted by Crippen LogP contribution is -2.16. The topological polar surface area (TPSA) is 93.4 Å². The van der Waals surface area contributed by atoms with Crippen molar-refractivity contribution in [3.05, 3.63) is 36.4 Å². The van der Waals surface area contributed by atoms with Crippen LogP contribution in [0.15, 0.2) is 30.9 Å². The van der Waals surface area contributed by atoms with Gasteiger partial charge in [0.1, 0.15) is 6.61 Å². The molecule has 0 fully saturated rings. The number of nitrogens with zero attached hydrogens (tertiary/aromatic N) is 2. The number of carbonyl (C=O) groups is 2. The highest BCUT2D eigenvalue weighted by atomic mass is 16.5. The van der Waals surface area contributed by atoms with Crippen molar-refractivity contribution in [3.63, 3.8) is 0 Å². The summed E-state index contributed by atoms with van der Waals surface area (Å²) in [6, 6.07) is 4.53. The third-order valence-electron chi connectivity index (χ3n) is 2.67. The zero-order valence-corrected chi connectivity index (χ0v) is 10.8. The van der Waals surface area contributed by atoms with Crippen LogP contribution in [-0.2, 0) is 11.8 Å². The van der Waals surface area contributed by atoms with Crippen LogP contribution in [0.2, 0.25) is 0 Å². The predicted octanol–water partition coefficient (Wildman–Crippen LogP) is 2.01. The number of carboxylic acid groups (broad SMARTS) is 1. The molecule has 0 spiro atoms. The van der Waals surface area contributed by atoms with Crippen LogP contribution in [0.1, 0.15) is 10.4 Å². The van der Waals surface area contributed by atoms with Gasteiger partial charge in [-0.3, -0.25) is 5.32 Å². The van der Waals surface area contributed by atoms with Crippen molar-refractivity contribution in [3.8, 4) is 0 Å². The van der Waals surface area contributed by atoms with Gasteiger partial charge in [0.2, 0.25) is 5.95 Å². The van der Waals surface area contributed by atoms with Gasteiger partial charge in [-0.1, -0.05) is 12.7 Å². The minimum atomic E-state index is -1.02. The van der Waals surface area contributed by atoms with Gasteiger partial charge < -0.3 is 14.4 Å². The number of imidazole rings is 1. The Morgan fingerprint density at radius 2 is 2.30 bits per heavy atom. The minimum Gasteiger partial charge on any atom is -0.478 e. The SMILES string of the molecule is C=CCOC(=O)Nc1nc2ccc(C(=O)O)cc2n1C. The van der Waals surface area contributed by atoms with Crippen LogP contribution in [0.3, 0.4) is 0 Å². The number of carboxylic acids is 1. The highest BCUT2D eigenvalue weighted by Gasteiger charge is 2.13. The van der Waals surface area contributed by atoms with E-state index in [1.54, 1.807) is 17.7 Å². The summed E-state index contributed by atoms with van der Waals surface area (Å²) >= 11 is 0. The van der Waals surface area contributed by atoms with E-state index in [0.29, 0.717) is 11.0 Å². The fraction of sp³-hybridized carbons (Fsp3) is 0.154. The lowest BCUT2D eigenvalue weighted by molar-refractivity contribution is 0.0697. The maximum atomic E-state index is 11.4. The molecule has 2 N–H and O–H groups in total. The highest BCUT2D eigenvalue weighted by Crippen LogP contribution is 2.19. The monoisotopic (exact) mass is 275 g/mol. The summed E-state index contributed by atoms with van der Waals surface area (Å²) in [4.78, 5) is 26.6. The summed E-state index contributed by atoms with van der Waals surface area (Å²) in [6.45, 7) is 3.53. The zero-order chi connectivity index (χ0) is 14.7. The number of amides is 1. The predicted molar refractivity (Wildman–Crippen MR) is 72.8 cm³/mol. The van der Waals surface area contributed by atoms with Gasteiger partial charge in [0, 0.05) is 7.05 Å². The number of aryl methyl sites for hydroxylation is 1. The van der Waals surface area contributed by atoms with Crippen molar-refractivity contribution in [1.82, 2.24) is 9.55 Å². The number of ether oxygens (including phenoxy) is 1. The van der Waals surface area contributed by atoms with E-state index < -0.39 is 12.1 Å². The molecular formula is C13H13N3O4. The zero-order valence-electron chi connectivity index (χ0n) is 10.8. The van der Waals surface area contributed by atoms with E-state index in [2.05, 4.69) is 16.9 Å². The Bertz CT molecular complexity index is 690. The first-order chi connectivity index (χ1) is 9.52. The Balaban J connectivity index is 2.31. The molecule has 0 saturated carbocycles. The van der Waals surface area contributed by atoms with E-state index >= 15 is 0 Å². The maximum Gasteiger partial charge on any atom is 0.414 e. The van der Waals surface area contributed by atoms with Crippen LogP contribution in [0.5, 0.6) is 0 Å². The molecule has 1 amide bonds. The van der Waals surface area contributed by atoms with Crippen LogP contribution in [-0.4, -0.2) is 33.3 Å². The molecule has 0 aliphatic rings. The van der Waals surface area contributed by atoms with E-state index in [4.69, 9.17) is 9.84 Å². The molecule has 7 heteroatoms. The number of aromatic carboxylic acids is 1. The van der Waals surface area contributed by atoms with Crippen LogP contribution >= 0.6 is 0 Å². The fourth-order valence-corrected chi connectivity index (χ4v) is 1.70. The van der Waals surface area contributed by atoms with Gasteiger partial charge in [0.05, 0.1) is 16.6 Å². The average molecular weight is 275 g/mol. The number of hydrogen-bond donors (Lipinski definition) is 2. The number of anilines is 1. The first kappa shape index (κ1) is 13.6. The summed E-state index contributed by atoms with van der Waals surface area (Å²) in [5.41, 5.74) is 1.33. The Hall–Kier alpha value is -2.83. The number of rotatable bonds is 4. The molecule has 0 atom stereocenters. The van der Waals surface area contributed by atoms with Crippen molar-refractivity contribution < 1.29 is 19.4 Å². The Morgan fingerprint density at radius 1 is 1.55 bits per heavy atom. The van der Waals surface area contributed by atoms with Gasteiger partial charge in [-0.2, -0.15) is 0 Å². The Morgan fingerprint density at radius 3 is 2.95 bits per heavy atom. The van der Waals surface area contributed by atoms with Gasteiger partial charge >= 0.3 is 12.1 Å². The molecule has 0 radical (unpaired) electrons. The first-order valence-electron chi connectivity index (χ1n) is 5.77. The van der Waals surface area contributed by atoms with Crippen molar-refractivity contribution in [2.24, 2.45) is 7.05 Å². The number of hydrogen-bond acceptors (Lipinski definition) is 4. The normalized spacial score (nSPS) is 10.2. The fourth-order valence-electron chi connectivity index (χ4n) is 1.70. The molecule has 0 saturated heterocycles. The second kappa shape index (κ2) is 5.43. The van der Waals surface area contributed by atoms with Gasteiger partial charge in [-0.15, -0.1) is 0 Å². The van der Waals surface area contributed by atoms with Crippen molar-refractivity contribution in [2.45, 2.75) is 0 Å². The van der Waals surface area contributed by atoms with E-state index in [9.17, 15) is 9.59 Å². The van der Waals surface area contributed by atoms with E-state index in [1.165, 1.54) is 18.2 Å². The van der Waals surface area contributed by atoms with Crippen LogP contribution < -0.4 is 5.32 Å². The van der Waals surface area contributed by atoms with Crippen molar-refractivity contribution in [1.29, 1.82) is 0 Å². The van der Waals surface area contributed by atoms with Gasteiger partial charge in [-0.05, 0) is 18.2 Å². The van der Waals surface area contributed by atoms with Crippen LogP contribution in [0.4, 0.5) is 10.7 Å². The molecule has 0 aliphatic carbocycles. The molecule has 0 aliphatic heterocycles. The third-order valence-corrected chi connectivity index (χ3v) is 2.67.